The van der Waals surface area contributed by atoms with Gasteiger partial charge in [-0.05, 0) is 44.0 Å². The van der Waals surface area contributed by atoms with E-state index in [1.54, 1.807) is 11.3 Å². The Morgan fingerprint density at radius 2 is 1.86 bits per heavy atom. The molecule has 0 saturated heterocycles. The summed E-state index contributed by atoms with van der Waals surface area (Å²) in [6, 6.07) is 10.7. The van der Waals surface area contributed by atoms with E-state index in [1.807, 2.05) is 0 Å². The summed E-state index contributed by atoms with van der Waals surface area (Å²) < 4.78 is 3.50. The second-order valence-electron chi connectivity index (χ2n) is 5.41. The maximum atomic E-state index is 6.13. The van der Waals surface area contributed by atoms with Crippen LogP contribution in [0.5, 0.6) is 0 Å². The summed E-state index contributed by atoms with van der Waals surface area (Å²) >= 11 is 1.77. The summed E-state index contributed by atoms with van der Waals surface area (Å²) in [4.78, 5) is 6.02. The van der Waals surface area contributed by atoms with Gasteiger partial charge in [0.05, 0.1) is 20.8 Å². The zero-order valence-electron chi connectivity index (χ0n) is 13.4. The minimum absolute atomic E-state index is 0.868. The van der Waals surface area contributed by atoms with Crippen LogP contribution in [-0.2, 0) is 6.42 Å². The summed E-state index contributed by atoms with van der Waals surface area (Å²) in [5, 5.41) is 1.26. The van der Waals surface area contributed by atoms with Crippen LogP contribution in [0.25, 0.3) is 20.8 Å². The van der Waals surface area contributed by atoms with Crippen LogP contribution >= 0.6 is 11.3 Å². The van der Waals surface area contributed by atoms with Crippen LogP contribution in [0.1, 0.15) is 26.3 Å². The van der Waals surface area contributed by atoms with E-state index in [9.17, 15) is 0 Å². The minimum Gasteiger partial charge on any atom is -0.398 e. The summed E-state index contributed by atoms with van der Waals surface area (Å²) in [5.41, 5.74) is 10.3. The van der Waals surface area contributed by atoms with Gasteiger partial charge in [0.25, 0.3) is 0 Å². The Balaban J connectivity index is 2.29. The number of nitrogen functional groups attached to an aromatic ring is 1. The number of hydrogen-bond donors (Lipinski definition) is 1. The predicted octanol–water partition coefficient (Wildman–Crippen LogP) is 3.36. The molecule has 114 valence electrons. The zero-order chi connectivity index (χ0) is 15.7. The Morgan fingerprint density at radius 1 is 1.09 bits per heavy atom. The number of rotatable bonds is 3. The summed E-state index contributed by atoms with van der Waals surface area (Å²) in [6.07, 6.45) is 0.938. The first-order valence-corrected chi connectivity index (χ1v) is 8.68. The molecule has 0 aromatic heterocycles. The third-order valence-electron chi connectivity index (χ3n) is 4.13. The average molecular weight is 312 g/mol. The standard InChI is InChI=1S/C18H21N3S/c1-4-12-9-16-18(11-14(12)19)22-17-10-13(21(5-2)6-3)7-8-15(17)20-16/h7-11,19H,4-6H2,1-3H3/p+1. The Kier molecular flexibility index (Phi) is 4.12. The maximum Gasteiger partial charge on any atom is 0.201 e. The van der Waals surface area contributed by atoms with Gasteiger partial charge in [-0.2, -0.15) is 0 Å². The SMILES string of the molecule is CCc1cc2nc3ccc(=[N+](CC)CC)cc-3sc2cc1N. The number of hydrogen-bond acceptors (Lipinski definition) is 3. The van der Waals surface area contributed by atoms with E-state index in [4.69, 9.17) is 10.7 Å². The molecule has 2 aliphatic rings. The van der Waals surface area contributed by atoms with Crippen molar-refractivity contribution in [2.75, 3.05) is 18.8 Å². The lowest BCUT2D eigenvalue weighted by Gasteiger charge is -2.09. The fourth-order valence-corrected chi connectivity index (χ4v) is 3.84. The molecule has 0 fully saturated rings. The Hall–Kier alpha value is -1.94. The first-order valence-electron chi connectivity index (χ1n) is 7.87. The smallest absolute Gasteiger partial charge is 0.201 e. The van der Waals surface area contributed by atoms with Crippen LogP contribution in [0.15, 0.2) is 30.3 Å². The number of aryl methyl sites for hydroxylation is 1. The fourth-order valence-electron chi connectivity index (χ4n) is 2.81. The molecule has 0 bridgehead atoms. The van der Waals surface area contributed by atoms with Gasteiger partial charge >= 0.3 is 0 Å². The van der Waals surface area contributed by atoms with Gasteiger partial charge in [-0.1, -0.05) is 6.92 Å². The van der Waals surface area contributed by atoms with Crippen LogP contribution in [0.2, 0.25) is 0 Å². The molecular formula is C18H22N3S+. The van der Waals surface area contributed by atoms with Crippen LogP contribution in [0.4, 0.5) is 5.69 Å². The lowest BCUT2D eigenvalue weighted by molar-refractivity contribution is 0.626. The molecule has 22 heavy (non-hydrogen) atoms. The maximum absolute atomic E-state index is 6.13. The summed E-state index contributed by atoms with van der Waals surface area (Å²) in [6.45, 7) is 8.52. The monoisotopic (exact) mass is 312 g/mol. The van der Waals surface area contributed by atoms with Crippen molar-refractivity contribution in [2.24, 2.45) is 0 Å². The molecule has 0 amide bonds. The molecule has 0 unspecified atom stereocenters. The third-order valence-corrected chi connectivity index (χ3v) is 5.23. The molecular weight excluding hydrogens is 290 g/mol. The van der Waals surface area contributed by atoms with Gasteiger partial charge in [0.15, 0.2) is 0 Å². The average Bonchev–Trinajstić information content (AvgIpc) is 2.53. The van der Waals surface area contributed by atoms with Crippen LogP contribution in [0.3, 0.4) is 0 Å². The first-order chi connectivity index (χ1) is 10.7. The molecule has 1 aliphatic heterocycles. The Labute approximate surface area is 135 Å². The number of nitrogens with two attached hydrogens (primary N) is 1. The molecule has 4 heteroatoms. The van der Waals surface area contributed by atoms with Crippen molar-refractivity contribution in [3.05, 3.63) is 41.3 Å². The zero-order valence-corrected chi connectivity index (χ0v) is 14.2. The summed E-state index contributed by atoms with van der Waals surface area (Å²) in [7, 11) is 0. The van der Waals surface area contributed by atoms with Crippen LogP contribution < -0.4 is 15.7 Å². The third kappa shape index (κ3) is 2.59. The topological polar surface area (TPSA) is 41.9 Å². The highest BCUT2D eigenvalue weighted by atomic mass is 32.1. The van der Waals surface area contributed by atoms with Crippen LogP contribution in [-0.4, -0.2) is 18.1 Å². The minimum atomic E-state index is 0.868. The van der Waals surface area contributed by atoms with E-state index in [2.05, 4.69) is 55.7 Å². The van der Waals surface area contributed by atoms with Crippen molar-refractivity contribution < 1.29 is 0 Å². The van der Waals surface area contributed by atoms with Gasteiger partial charge in [0.2, 0.25) is 5.36 Å². The fraction of sp³-hybridized carbons (Fsp3) is 0.333. The van der Waals surface area contributed by atoms with Crippen molar-refractivity contribution >= 4 is 27.2 Å². The molecule has 1 aromatic rings. The Morgan fingerprint density at radius 3 is 2.55 bits per heavy atom. The number of aromatic nitrogens is 1. The van der Waals surface area contributed by atoms with E-state index in [-0.39, 0.29) is 0 Å². The van der Waals surface area contributed by atoms with E-state index >= 15 is 0 Å². The highest BCUT2D eigenvalue weighted by Gasteiger charge is 2.11. The summed E-state index contributed by atoms with van der Waals surface area (Å²) in [5.74, 6) is 0. The molecule has 3 nitrogen and oxygen atoms in total. The second-order valence-corrected chi connectivity index (χ2v) is 6.49. The number of anilines is 1. The molecule has 0 atom stereocenters. The number of fused-ring (bicyclic) bond motifs is 2. The molecule has 1 aliphatic carbocycles. The van der Waals surface area contributed by atoms with Crippen molar-refractivity contribution in [3.8, 4) is 10.6 Å². The molecule has 3 rings (SSSR count). The van der Waals surface area contributed by atoms with E-state index in [1.165, 1.54) is 15.8 Å². The molecule has 0 spiro atoms. The molecule has 2 N–H and O–H groups in total. The highest BCUT2D eigenvalue weighted by Crippen LogP contribution is 2.31. The van der Waals surface area contributed by atoms with Gasteiger partial charge in [0.1, 0.15) is 13.1 Å². The lowest BCUT2D eigenvalue weighted by atomic mass is 10.1. The van der Waals surface area contributed by atoms with Crippen molar-refractivity contribution in [2.45, 2.75) is 27.2 Å². The number of benzene rings is 2. The number of nitrogens with zero attached hydrogens (tertiary/aromatic N) is 2. The predicted molar refractivity (Wildman–Crippen MR) is 96.4 cm³/mol. The molecule has 1 aromatic carbocycles. The quantitative estimate of drug-likeness (QED) is 0.458. The lowest BCUT2D eigenvalue weighted by Crippen LogP contribution is -2.29. The van der Waals surface area contributed by atoms with Crippen LogP contribution in [0, 0.1) is 0 Å². The Bertz CT molecular complexity index is 858. The molecule has 1 heterocycles. The van der Waals surface area contributed by atoms with E-state index < -0.39 is 0 Å². The second kappa shape index (κ2) is 6.05. The normalized spacial score (nSPS) is 11.2. The molecule has 0 radical (unpaired) electrons. The van der Waals surface area contributed by atoms with Crippen molar-refractivity contribution in [1.82, 2.24) is 9.56 Å². The molecule has 0 saturated carbocycles. The van der Waals surface area contributed by atoms with Crippen molar-refractivity contribution in [3.63, 3.8) is 0 Å². The highest BCUT2D eigenvalue weighted by molar-refractivity contribution is 7.21. The van der Waals surface area contributed by atoms with Crippen molar-refractivity contribution in [1.29, 1.82) is 0 Å². The first kappa shape index (κ1) is 15.0. The van der Waals surface area contributed by atoms with Gasteiger partial charge < -0.3 is 5.73 Å². The van der Waals surface area contributed by atoms with E-state index in [0.717, 1.165) is 41.1 Å². The van der Waals surface area contributed by atoms with E-state index in [0.29, 0.717) is 0 Å². The van der Waals surface area contributed by atoms with Gasteiger partial charge in [-0.15, -0.1) is 11.3 Å². The van der Waals surface area contributed by atoms with Gasteiger partial charge in [-0.3, -0.25) is 0 Å². The van der Waals surface area contributed by atoms with Gasteiger partial charge in [0, 0.05) is 17.8 Å². The van der Waals surface area contributed by atoms with Gasteiger partial charge in [-0.25, -0.2) is 9.56 Å². The largest absolute Gasteiger partial charge is 0.398 e.